The first kappa shape index (κ1) is 13.5. The number of aliphatic hydroxyl groups excluding tert-OH is 1. The molecule has 0 radical (unpaired) electrons. The van der Waals surface area contributed by atoms with Gasteiger partial charge in [-0.3, -0.25) is 0 Å². The third-order valence-corrected chi connectivity index (χ3v) is 2.83. The van der Waals surface area contributed by atoms with Crippen LogP contribution in [-0.4, -0.2) is 15.3 Å². The Labute approximate surface area is 112 Å². The number of ether oxygens (including phenoxy) is 1. The molecular weight excluding hydrogens is 244 g/mol. The molecule has 2 rings (SSSR count). The summed E-state index contributed by atoms with van der Waals surface area (Å²) in [4.78, 5) is 0. The Balaban J connectivity index is 2.06. The quantitative estimate of drug-likeness (QED) is 0.866. The first-order valence-electron chi connectivity index (χ1n) is 6.45. The molecule has 5 nitrogen and oxygen atoms in total. The van der Waals surface area contributed by atoms with Crippen LogP contribution < -0.4 is 4.74 Å². The van der Waals surface area contributed by atoms with Gasteiger partial charge in [0.1, 0.15) is 5.75 Å². The van der Waals surface area contributed by atoms with Crippen molar-refractivity contribution in [1.29, 1.82) is 0 Å². The summed E-state index contributed by atoms with van der Waals surface area (Å²) >= 11 is 0. The van der Waals surface area contributed by atoms with Crippen LogP contribution in [0.2, 0.25) is 0 Å². The fourth-order valence-corrected chi connectivity index (χ4v) is 1.74. The summed E-state index contributed by atoms with van der Waals surface area (Å²) in [6.07, 6.45) is 0.823. The molecule has 0 saturated heterocycles. The van der Waals surface area contributed by atoms with Crippen LogP contribution in [0, 0.1) is 0 Å². The molecule has 0 aliphatic heterocycles. The van der Waals surface area contributed by atoms with Gasteiger partial charge in [0, 0.05) is 12.0 Å². The number of aryl methyl sites for hydroxylation is 1. The molecule has 1 aromatic carbocycles. The van der Waals surface area contributed by atoms with E-state index >= 15 is 0 Å². The number of hydrogen-bond acceptors (Lipinski definition) is 5. The van der Waals surface area contributed by atoms with Gasteiger partial charge < -0.3 is 14.3 Å². The van der Waals surface area contributed by atoms with E-state index in [1.807, 2.05) is 38.1 Å². The van der Waals surface area contributed by atoms with Gasteiger partial charge in [0.05, 0.1) is 6.10 Å². The van der Waals surface area contributed by atoms with Crippen molar-refractivity contribution in [2.75, 3.05) is 0 Å². The molecule has 0 spiro atoms. The topological polar surface area (TPSA) is 68.4 Å². The van der Waals surface area contributed by atoms with Crippen LogP contribution in [0.25, 0.3) is 0 Å². The number of hydrogen-bond donors (Lipinski definition) is 1. The molecule has 1 N–H and O–H groups in total. The van der Waals surface area contributed by atoms with Gasteiger partial charge in [-0.2, -0.15) is 0 Å². The van der Waals surface area contributed by atoms with E-state index in [-0.39, 0.29) is 6.61 Å². The molecule has 19 heavy (non-hydrogen) atoms. The Morgan fingerprint density at radius 3 is 2.63 bits per heavy atom. The Morgan fingerprint density at radius 2 is 1.95 bits per heavy atom. The van der Waals surface area contributed by atoms with Crippen molar-refractivity contribution in [2.45, 2.75) is 39.4 Å². The average molecular weight is 262 g/mol. The first-order valence-corrected chi connectivity index (χ1v) is 6.45. The lowest BCUT2D eigenvalue weighted by molar-refractivity contribution is 0.164. The van der Waals surface area contributed by atoms with Crippen molar-refractivity contribution < 1.29 is 14.3 Å². The maximum atomic E-state index is 9.92. The molecular formula is C14H18N2O3. The van der Waals surface area contributed by atoms with E-state index in [1.165, 1.54) is 0 Å². The zero-order chi connectivity index (χ0) is 13.7. The lowest BCUT2D eigenvalue weighted by atomic mass is 10.1. The van der Waals surface area contributed by atoms with Gasteiger partial charge >= 0.3 is 0 Å². The second-order valence-electron chi connectivity index (χ2n) is 4.19. The fourth-order valence-electron chi connectivity index (χ4n) is 1.74. The smallest absolute Gasteiger partial charge is 0.253 e. The van der Waals surface area contributed by atoms with E-state index in [4.69, 9.17) is 9.15 Å². The Bertz CT molecular complexity index is 525. The molecule has 0 saturated carbocycles. The number of para-hydroxylation sites is 1. The molecule has 0 amide bonds. The van der Waals surface area contributed by atoms with Crippen LogP contribution in [0.15, 0.2) is 28.7 Å². The summed E-state index contributed by atoms with van der Waals surface area (Å²) < 4.78 is 11.0. The van der Waals surface area contributed by atoms with E-state index in [1.54, 1.807) is 0 Å². The third-order valence-electron chi connectivity index (χ3n) is 2.83. The van der Waals surface area contributed by atoms with Crippen molar-refractivity contribution in [2.24, 2.45) is 0 Å². The van der Waals surface area contributed by atoms with E-state index in [0.29, 0.717) is 30.4 Å². The van der Waals surface area contributed by atoms with Crippen LogP contribution in [-0.2, 0) is 13.0 Å². The van der Waals surface area contributed by atoms with Crippen LogP contribution >= 0.6 is 0 Å². The van der Waals surface area contributed by atoms with Crippen LogP contribution in [0.3, 0.4) is 0 Å². The molecule has 1 aromatic heterocycles. The van der Waals surface area contributed by atoms with Gasteiger partial charge in [0.2, 0.25) is 5.89 Å². The predicted octanol–water partition coefficient (Wildman–Crippen LogP) is 2.65. The number of nitrogens with zero attached hydrogens (tertiary/aromatic N) is 2. The average Bonchev–Trinajstić information content (AvgIpc) is 2.92. The highest BCUT2D eigenvalue weighted by Crippen LogP contribution is 2.27. The lowest BCUT2D eigenvalue weighted by Crippen LogP contribution is -2.02. The highest BCUT2D eigenvalue weighted by atomic mass is 16.5. The van der Waals surface area contributed by atoms with E-state index in [0.717, 1.165) is 5.56 Å². The summed E-state index contributed by atoms with van der Waals surface area (Å²) in [5.41, 5.74) is 0.778. The maximum Gasteiger partial charge on any atom is 0.253 e. The summed E-state index contributed by atoms with van der Waals surface area (Å²) in [6.45, 7) is 4.08. The molecule has 5 heteroatoms. The SMILES string of the molecule is CCc1nnc(COc2ccccc2[C@@H](O)CC)o1. The molecule has 0 unspecified atom stereocenters. The molecule has 0 aliphatic rings. The Morgan fingerprint density at radius 1 is 1.21 bits per heavy atom. The van der Waals surface area contributed by atoms with E-state index in [9.17, 15) is 5.11 Å². The minimum atomic E-state index is -0.523. The largest absolute Gasteiger partial charge is 0.483 e. The van der Waals surface area contributed by atoms with Gasteiger partial charge in [-0.15, -0.1) is 10.2 Å². The van der Waals surface area contributed by atoms with Crippen LogP contribution in [0.4, 0.5) is 0 Å². The second kappa shape index (κ2) is 6.33. The summed E-state index contributed by atoms with van der Waals surface area (Å²) in [5, 5.41) is 17.7. The van der Waals surface area contributed by atoms with Crippen LogP contribution in [0.1, 0.15) is 43.7 Å². The molecule has 0 aliphatic carbocycles. The van der Waals surface area contributed by atoms with Gasteiger partial charge in [0.15, 0.2) is 6.61 Å². The van der Waals surface area contributed by atoms with Crippen molar-refractivity contribution in [1.82, 2.24) is 10.2 Å². The predicted molar refractivity (Wildman–Crippen MR) is 69.7 cm³/mol. The molecule has 2 aromatic rings. The van der Waals surface area contributed by atoms with Crippen molar-refractivity contribution >= 4 is 0 Å². The lowest BCUT2D eigenvalue weighted by Gasteiger charge is -2.13. The minimum absolute atomic E-state index is 0.209. The highest BCUT2D eigenvalue weighted by Gasteiger charge is 2.12. The molecule has 1 heterocycles. The van der Waals surface area contributed by atoms with E-state index < -0.39 is 6.10 Å². The number of benzene rings is 1. The fraction of sp³-hybridized carbons (Fsp3) is 0.429. The van der Waals surface area contributed by atoms with Crippen molar-refractivity contribution in [3.05, 3.63) is 41.6 Å². The first-order chi connectivity index (χ1) is 9.24. The molecule has 0 fully saturated rings. The molecule has 1 atom stereocenters. The standard InChI is InChI=1S/C14H18N2O3/c1-3-11(17)10-7-5-6-8-12(10)18-9-14-16-15-13(4-2)19-14/h5-8,11,17H,3-4,9H2,1-2H3/t11-/m0/s1. The third kappa shape index (κ3) is 3.32. The molecule has 102 valence electrons. The van der Waals surface area contributed by atoms with Gasteiger partial charge in [-0.25, -0.2) is 0 Å². The Hall–Kier alpha value is -1.88. The van der Waals surface area contributed by atoms with Crippen molar-refractivity contribution in [3.8, 4) is 5.75 Å². The highest BCUT2D eigenvalue weighted by molar-refractivity contribution is 5.34. The van der Waals surface area contributed by atoms with Gasteiger partial charge in [-0.05, 0) is 12.5 Å². The normalized spacial score (nSPS) is 12.4. The number of aliphatic hydroxyl groups is 1. The molecule has 0 bridgehead atoms. The van der Waals surface area contributed by atoms with Gasteiger partial charge in [-0.1, -0.05) is 32.0 Å². The summed E-state index contributed by atoms with van der Waals surface area (Å²) in [7, 11) is 0. The van der Waals surface area contributed by atoms with E-state index in [2.05, 4.69) is 10.2 Å². The summed E-state index contributed by atoms with van der Waals surface area (Å²) in [5.74, 6) is 1.69. The van der Waals surface area contributed by atoms with Crippen LogP contribution in [0.5, 0.6) is 5.75 Å². The summed E-state index contributed by atoms with van der Waals surface area (Å²) in [6, 6.07) is 7.43. The number of rotatable bonds is 6. The van der Waals surface area contributed by atoms with Crippen molar-refractivity contribution in [3.63, 3.8) is 0 Å². The zero-order valence-corrected chi connectivity index (χ0v) is 11.2. The number of aromatic nitrogens is 2. The van der Waals surface area contributed by atoms with Gasteiger partial charge in [0.25, 0.3) is 5.89 Å². The second-order valence-corrected chi connectivity index (χ2v) is 4.19. The minimum Gasteiger partial charge on any atom is -0.483 e. The zero-order valence-electron chi connectivity index (χ0n) is 11.2. The Kier molecular flexibility index (Phi) is 4.52. The maximum absolute atomic E-state index is 9.92. The monoisotopic (exact) mass is 262 g/mol.